The van der Waals surface area contributed by atoms with Crippen LogP contribution in [0.4, 0.5) is 0 Å². The molecule has 0 amide bonds. The Bertz CT molecular complexity index is 556. The van der Waals surface area contributed by atoms with Crippen LogP contribution in [0.15, 0.2) is 30.5 Å². The number of aromatic nitrogens is 2. The van der Waals surface area contributed by atoms with Crippen LogP contribution in [0.5, 0.6) is 0 Å². The zero-order valence-corrected chi connectivity index (χ0v) is 10.3. The Morgan fingerprint density at radius 2 is 1.88 bits per heavy atom. The largest absolute Gasteiger partial charge is 0.237 e. The van der Waals surface area contributed by atoms with E-state index >= 15 is 0 Å². The first-order chi connectivity index (χ1) is 8.13. The molecule has 0 spiro atoms. The second-order valence-corrected chi connectivity index (χ2v) is 4.44. The molecule has 0 aliphatic heterocycles. The molecule has 0 radical (unpaired) electrons. The molecular weight excluding hydrogens is 210 g/mol. The van der Waals surface area contributed by atoms with Gasteiger partial charge in [0, 0.05) is 5.69 Å². The zero-order valence-electron chi connectivity index (χ0n) is 10.3. The molecule has 0 aliphatic rings. The van der Waals surface area contributed by atoms with E-state index in [1.807, 2.05) is 35.1 Å². The van der Waals surface area contributed by atoms with E-state index in [1.165, 1.54) is 11.3 Å². The summed E-state index contributed by atoms with van der Waals surface area (Å²) in [6.07, 6.45) is 1.88. The predicted octanol–water partition coefficient (Wildman–Crippen LogP) is 3.18. The molecule has 1 aromatic carbocycles. The monoisotopic (exact) mass is 225 g/mol. The first-order valence-electron chi connectivity index (χ1n) is 5.68. The molecule has 0 saturated carbocycles. The van der Waals surface area contributed by atoms with E-state index in [-0.39, 0.29) is 0 Å². The minimum Gasteiger partial charge on any atom is -0.237 e. The highest BCUT2D eigenvalue weighted by atomic mass is 15.3. The summed E-state index contributed by atoms with van der Waals surface area (Å²) < 4.78 is 1.95. The van der Waals surface area contributed by atoms with Gasteiger partial charge in [-0.2, -0.15) is 10.4 Å². The Balaban J connectivity index is 2.50. The fraction of sp³-hybridized carbons (Fsp3) is 0.286. The van der Waals surface area contributed by atoms with Crippen molar-refractivity contribution in [1.82, 2.24) is 9.78 Å². The molecule has 17 heavy (non-hydrogen) atoms. The van der Waals surface area contributed by atoms with Gasteiger partial charge in [-0.1, -0.05) is 13.8 Å². The number of hydrogen-bond donors (Lipinski definition) is 0. The summed E-state index contributed by atoms with van der Waals surface area (Å²) in [5, 5.41) is 13.2. The SMILES string of the molecule is Cc1cnn(-c2ccc(C#N)cc2)c1C(C)C. The highest BCUT2D eigenvalue weighted by Crippen LogP contribution is 2.22. The molecule has 1 aromatic heterocycles. The third-order valence-electron chi connectivity index (χ3n) is 2.79. The van der Waals surface area contributed by atoms with Gasteiger partial charge >= 0.3 is 0 Å². The molecule has 0 fully saturated rings. The third-order valence-corrected chi connectivity index (χ3v) is 2.79. The lowest BCUT2D eigenvalue weighted by Gasteiger charge is -2.11. The van der Waals surface area contributed by atoms with Gasteiger partial charge in [0.25, 0.3) is 0 Å². The van der Waals surface area contributed by atoms with Gasteiger partial charge in [-0.05, 0) is 42.7 Å². The van der Waals surface area contributed by atoms with Crippen molar-refractivity contribution in [3.05, 3.63) is 47.3 Å². The van der Waals surface area contributed by atoms with Gasteiger partial charge in [0.15, 0.2) is 0 Å². The van der Waals surface area contributed by atoms with E-state index in [0.717, 1.165) is 5.69 Å². The second kappa shape index (κ2) is 4.42. The molecule has 2 aromatic rings. The van der Waals surface area contributed by atoms with E-state index in [1.54, 1.807) is 0 Å². The summed E-state index contributed by atoms with van der Waals surface area (Å²) in [5.41, 5.74) is 4.09. The van der Waals surface area contributed by atoms with Crippen molar-refractivity contribution in [3.8, 4) is 11.8 Å². The van der Waals surface area contributed by atoms with Gasteiger partial charge in [0.05, 0.1) is 23.5 Å². The first kappa shape index (κ1) is 11.4. The lowest BCUT2D eigenvalue weighted by atomic mass is 10.1. The van der Waals surface area contributed by atoms with Crippen LogP contribution in [0.3, 0.4) is 0 Å². The summed E-state index contributed by atoms with van der Waals surface area (Å²) in [6.45, 7) is 6.39. The van der Waals surface area contributed by atoms with Gasteiger partial charge in [0.1, 0.15) is 0 Å². The van der Waals surface area contributed by atoms with E-state index < -0.39 is 0 Å². The van der Waals surface area contributed by atoms with E-state index in [0.29, 0.717) is 11.5 Å². The van der Waals surface area contributed by atoms with Gasteiger partial charge in [-0.25, -0.2) is 4.68 Å². The van der Waals surface area contributed by atoms with Crippen molar-refractivity contribution in [3.63, 3.8) is 0 Å². The Morgan fingerprint density at radius 3 is 2.41 bits per heavy atom. The molecule has 0 N–H and O–H groups in total. The maximum Gasteiger partial charge on any atom is 0.0991 e. The maximum absolute atomic E-state index is 8.77. The Labute approximate surface area is 101 Å². The van der Waals surface area contributed by atoms with Crippen LogP contribution in [0.25, 0.3) is 5.69 Å². The molecule has 0 aliphatic carbocycles. The summed E-state index contributed by atoms with van der Waals surface area (Å²) >= 11 is 0. The summed E-state index contributed by atoms with van der Waals surface area (Å²) in [7, 11) is 0. The topological polar surface area (TPSA) is 41.6 Å². The van der Waals surface area contributed by atoms with Gasteiger partial charge in [-0.15, -0.1) is 0 Å². The third kappa shape index (κ3) is 2.07. The smallest absolute Gasteiger partial charge is 0.0991 e. The van der Waals surface area contributed by atoms with Crippen molar-refractivity contribution in [1.29, 1.82) is 5.26 Å². The molecule has 3 nitrogen and oxygen atoms in total. The molecule has 0 saturated heterocycles. The van der Waals surface area contributed by atoms with Gasteiger partial charge < -0.3 is 0 Å². The fourth-order valence-electron chi connectivity index (χ4n) is 2.02. The highest BCUT2D eigenvalue weighted by Gasteiger charge is 2.12. The van der Waals surface area contributed by atoms with Crippen LogP contribution in [-0.2, 0) is 0 Å². The van der Waals surface area contributed by atoms with E-state index in [4.69, 9.17) is 5.26 Å². The molecule has 0 bridgehead atoms. The van der Waals surface area contributed by atoms with Crippen LogP contribution in [0.2, 0.25) is 0 Å². The summed E-state index contributed by atoms with van der Waals surface area (Å²) in [5.74, 6) is 0.424. The highest BCUT2D eigenvalue weighted by molar-refractivity contribution is 5.41. The minimum atomic E-state index is 0.424. The summed E-state index contributed by atoms with van der Waals surface area (Å²) in [6, 6.07) is 9.61. The fourth-order valence-corrected chi connectivity index (χ4v) is 2.02. The first-order valence-corrected chi connectivity index (χ1v) is 5.68. The van der Waals surface area contributed by atoms with Crippen molar-refractivity contribution >= 4 is 0 Å². The number of hydrogen-bond acceptors (Lipinski definition) is 2. The number of benzene rings is 1. The van der Waals surface area contributed by atoms with E-state index in [2.05, 4.69) is 31.9 Å². The summed E-state index contributed by atoms with van der Waals surface area (Å²) in [4.78, 5) is 0. The van der Waals surface area contributed by atoms with Gasteiger partial charge in [-0.3, -0.25) is 0 Å². The average Bonchev–Trinajstić information content (AvgIpc) is 2.71. The molecule has 1 heterocycles. The van der Waals surface area contributed by atoms with E-state index in [9.17, 15) is 0 Å². The Morgan fingerprint density at radius 1 is 1.24 bits per heavy atom. The number of nitrogens with zero attached hydrogens (tertiary/aromatic N) is 3. The van der Waals surface area contributed by atoms with Crippen LogP contribution in [0, 0.1) is 18.3 Å². The van der Waals surface area contributed by atoms with Crippen LogP contribution in [0.1, 0.15) is 36.6 Å². The molecule has 3 heteroatoms. The minimum absolute atomic E-state index is 0.424. The number of rotatable bonds is 2. The Hall–Kier alpha value is -2.08. The molecule has 2 rings (SSSR count). The number of nitriles is 1. The molecule has 0 unspecified atom stereocenters. The van der Waals surface area contributed by atoms with Crippen molar-refractivity contribution in [2.45, 2.75) is 26.7 Å². The second-order valence-electron chi connectivity index (χ2n) is 4.44. The van der Waals surface area contributed by atoms with Crippen molar-refractivity contribution in [2.24, 2.45) is 0 Å². The average molecular weight is 225 g/mol. The molecule has 86 valence electrons. The van der Waals surface area contributed by atoms with Crippen molar-refractivity contribution < 1.29 is 0 Å². The van der Waals surface area contributed by atoms with Gasteiger partial charge in [0.2, 0.25) is 0 Å². The maximum atomic E-state index is 8.77. The molecule has 0 atom stereocenters. The zero-order chi connectivity index (χ0) is 12.4. The predicted molar refractivity (Wildman–Crippen MR) is 67.1 cm³/mol. The van der Waals surface area contributed by atoms with Crippen LogP contribution < -0.4 is 0 Å². The normalized spacial score (nSPS) is 10.5. The lowest BCUT2D eigenvalue weighted by Crippen LogP contribution is -2.04. The van der Waals surface area contributed by atoms with Crippen molar-refractivity contribution in [2.75, 3.05) is 0 Å². The standard InChI is InChI=1S/C14H15N3/c1-10(2)14-11(3)9-16-17(14)13-6-4-12(8-15)5-7-13/h4-7,9-10H,1-3H3. The van der Waals surface area contributed by atoms with Crippen LogP contribution in [-0.4, -0.2) is 9.78 Å². The lowest BCUT2D eigenvalue weighted by molar-refractivity contribution is 0.730. The molecular formula is C14H15N3. The number of aryl methyl sites for hydroxylation is 1. The van der Waals surface area contributed by atoms with Crippen LogP contribution >= 0.6 is 0 Å². The Kier molecular flexibility index (Phi) is 2.97. The quantitative estimate of drug-likeness (QED) is 0.787.